The van der Waals surface area contributed by atoms with E-state index in [1.54, 1.807) is 0 Å². The van der Waals surface area contributed by atoms with Gasteiger partial charge in [0.1, 0.15) is 27.4 Å². The Morgan fingerprint density at radius 2 is 1.73 bits per heavy atom. The second-order valence-electron chi connectivity index (χ2n) is 10.4. The molecule has 0 spiro atoms. The summed E-state index contributed by atoms with van der Waals surface area (Å²) in [5, 5.41) is 11.1. The topological polar surface area (TPSA) is 102 Å². The van der Waals surface area contributed by atoms with Crippen LogP contribution in [0.1, 0.15) is 66.2 Å². The van der Waals surface area contributed by atoms with Gasteiger partial charge in [0.25, 0.3) is 0 Å². The van der Waals surface area contributed by atoms with E-state index in [0.29, 0.717) is 19.6 Å². The second kappa shape index (κ2) is 14.7. The van der Waals surface area contributed by atoms with Gasteiger partial charge in [-0.15, -0.1) is 0 Å². The van der Waals surface area contributed by atoms with Gasteiger partial charge in [0.05, 0.1) is 18.5 Å². The molecule has 1 aliphatic carbocycles. The molecule has 9 heteroatoms. The second-order valence-corrected chi connectivity index (χ2v) is 12.6. The maximum Gasteiger partial charge on any atom is 1.00 e. The number of carbonyl (C=O) groups excluding carboxylic acids is 1. The Morgan fingerprint density at radius 1 is 1.05 bits per heavy atom. The first-order chi connectivity index (χ1) is 19.1. The van der Waals surface area contributed by atoms with Crippen molar-refractivity contribution in [3.63, 3.8) is 0 Å². The average molecular weight is 589 g/mol. The third-order valence-electron chi connectivity index (χ3n) is 7.17. The molecule has 4 rings (SSSR count). The minimum absolute atomic E-state index is 0. The molecule has 0 radical (unpaired) electrons. The Bertz CT molecular complexity index is 1430. The zero-order valence-electron chi connectivity index (χ0n) is 24.6. The first-order valence-corrected chi connectivity index (χ1v) is 15.7. The molecule has 3 aromatic rings. The van der Waals surface area contributed by atoms with Crippen LogP contribution in [0.3, 0.4) is 0 Å². The molecule has 0 amide bonds. The van der Waals surface area contributed by atoms with Crippen molar-refractivity contribution in [3.8, 4) is 22.6 Å². The third-order valence-corrected chi connectivity index (χ3v) is 8.20. The summed E-state index contributed by atoms with van der Waals surface area (Å²) in [5.41, 5.74) is 7.81. The molecule has 1 aliphatic rings. The molecule has 0 unspecified atom stereocenters. The van der Waals surface area contributed by atoms with E-state index in [2.05, 4.69) is 32.0 Å². The van der Waals surface area contributed by atoms with Crippen molar-refractivity contribution in [2.75, 3.05) is 25.2 Å². The molecule has 41 heavy (non-hydrogen) atoms. The van der Waals surface area contributed by atoms with Crippen molar-refractivity contribution in [2.45, 2.75) is 58.7 Å². The number of sulfone groups is 1. The fourth-order valence-electron chi connectivity index (χ4n) is 5.47. The Kier molecular flexibility index (Phi) is 11.9. The van der Waals surface area contributed by atoms with Crippen LogP contribution in [0.4, 0.5) is 0 Å². The first kappa shape index (κ1) is 33.1. The van der Waals surface area contributed by atoms with Crippen LogP contribution in [0, 0.1) is 13.8 Å². The molecular formula is C32H37NaO7S. The Labute approximate surface area is 265 Å². The number of carboxylic acid groups (broad SMARTS) is 1. The van der Waals surface area contributed by atoms with Gasteiger partial charge in [0, 0.05) is 25.3 Å². The van der Waals surface area contributed by atoms with Gasteiger partial charge in [-0.2, -0.15) is 0 Å². The normalized spacial score (nSPS) is 15.1. The predicted molar refractivity (Wildman–Crippen MR) is 153 cm³/mol. The van der Waals surface area contributed by atoms with E-state index < -0.39 is 21.9 Å². The first-order valence-electron chi connectivity index (χ1n) is 13.7. The van der Waals surface area contributed by atoms with Crippen molar-refractivity contribution in [1.29, 1.82) is 0 Å². The van der Waals surface area contributed by atoms with E-state index in [9.17, 15) is 18.3 Å². The number of benzene rings is 3. The van der Waals surface area contributed by atoms with Crippen LogP contribution < -0.4 is 44.1 Å². The summed E-state index contributed by atoms with van der Waals surface area (Å²) in [6.07, 6.45) is 2.64. The standard InChI is InChI=1S/C32H38O7S.Na/c1-5-37-30(20-31(33)34)23-10-12-24(13-11-23)39-29-15-14-26-27(29)8-6-9-28(26)32-21(2)18-25(19-22(32)3)38-16-7-17-40(4,35)36;/h6,8-13,18-19,29-30H,5,7,14-17,20H2,1-4H3,(H,33,34);/q;+1/p-1/t29-,30+;/m1./s1. The van der Waals surface area contributed by atoms with Gasteiger partial charge in [-0.3, -0.25) is 0 Å². The quantitative estimate of drug-likeness (QED) is 0.223. The van der Waals surface area contributed by atoms with E-state index >= 15 is 0 Å². The van der Waals surface area contributed by atoms with Crippen LogP contribution in [0.2, 0.25) is 0 Å². The van der Waals surface area contributed by atoms with Crippen LogP contribution in [0.25, 0.3) is 11.1 Å². The smallest absolute Gasteiger partial charge is 0.550 e. The summed E-state index contributed by atoms with van der Waals surface area (Å²) in [6, 6.07) is 17.8. The Morgan fingerprint density at radius 3 is 2.34 bits per heavy atom. The molecule has 0 aliphatic heterocycles. The van der Waals surface area contributed by atoms with Gasteiger partial charge in [-0.05, 0) is 103 Å². The van der Waals surface area contributed by atoms with E-state index in [-0.39, 0.29) is 47.8 Å². The zero-order valence-corrected chi connectivity index (χ0v) is 27.4. The van der Waals surface area contributed by atoms with Gasteiger partial charge in [-0.1, -0.05) is 30.3 Å². The number of aliphatic carboxylic acids is 1. The minimum atomic E-state index is -3.00. The van der Waals surface area contributed by atoms with Crippen molar-refractivity contribution in [2.24, 2.45) is 0 Å². The van der Waals surface area contributed by atoms with Crippen molar-refractivity contribution in [3.05, 3.63) is 82.4 Å². The number of carboxylic acids is 1. The van der Waals surface area contributed by atoms with Gasteiger partial charge in [0.2, 0.25) is 0 Å². The van der Waals surface area contributed by atoms with Crippen molar-refractivity contribution < 1.29 is 62.1 Å². The SMILES string of the molecule is CCO[C@@H](CC(=O)[O-])c1ccc(O[C@@H]2CCc3c(-c4c(C)cc(OCCCS(C)(=O)=O)cc4C)cccc32)cc1.[Na+]. The number of fused-ring (bicyclic) bond motifs is 1. The van der Waals surface area contributed by atoms with E-state index in [4.69, 9.17) is 14.2 Å². The summed E-state index contributed by atoms with van der Waals surface area (Å²) >= 11 is 0. The number of hydrogen-bond acceptors (Lipinski definition) is 7. The molecule has 7 nitrogen and oxygen atoms in total. The number of rotatable bonds is 13. The number of aryl methyl sites for hydroxylation is 2. The van der Waals surface area contributed by atoms with E-state index in [0.717, 1.165) is 41.0 Å². The van der Waals surface area contributed by atoms with E-state index in [1.165, 1.54) is 28.5 Å². The molecule has 214 valence electrons. The predicted octanol–water partition coefficient (Wildman–Crippen LogP) is 2.07. The van der Waals surface area contributed by atoms with Gasteiger partial charge < -0.3 is 24.1 Å². The van der Waals surface area contributed by atoms with Crippen molar-refractivity contribution >= 4 is 15.8 Å². The summed E-state index contributed by atoms with van der Waals surface area (Å²) in [4.78, 5) is 11.1. The molecule has 2 atom stereocenters. The molecule has 0 N–H and O–H groups in total. The summed E-state index contributed by atoms with van der Waals surface area (Å²) in [7, 11) is -3.00. The fraction of sp³-hybridized carbons (Fsp3) is 0.406. The number of carbonyl (C=O) groups is 1. The van der Waals surface area contributed by atoms with Crippen LogP contribution in [0.5, 0.6) is 11.5 Å². The molecular weight excluding hydrogens is 551 g/mol. The summed E-state index contributed by atoms with van der Waals surface area (Å²) in [6.45, 7) is 6.76. The largest absolute Gasteiger partial charge is 1.00 e. The van der Waals surface area contributed by atoms with Crippen molar-refractivity contribution in [1.82, 2.24) is 0 Å². The summed E-state index contributed by atoms with van der Waals surface area (Å²) < 4.78 is 40.6. The van der Waals surface area contributed by atoms with Gasteiger partial charge >= 0.3 is 29.6 Å². The van der Waals surface area contributed by atoms with E-state index in [1.807, 2.05) is 43.3 Å². The number of hydrogen-bond donors (Lipinski definition) is 0. The van der Waals surface area contributed by atoms with Crippen LogP contribution >= 0.6 is 0 Å². The van der Waals surface area contributed by atoms with Gasteiger partial charge in [0.15, 0.2) is 0 Å². The van der Waals surface area contributed by atoms with Crippen LogP contribution in [-0.2, 0) is 25.8 Å². The Hall–Kier alpha value is -2.36. The molecule has 0 saturated carbocycles. The fourth-order valence-corrected chi connectivity index (χ4v) is 6.11. The minimum Gasteiger partial charge on any atom is -0.550 e. The third kappa shape index (κ3) is 8.82. The maximum absolute atomic E-state index is 11.4. The average Bonchev–Trinajstić information content (AvgIpc) is 3.29. The Balaban J connectivity index is 0.00000462. The van der Waals surface area contributed by atoms with Crippen LogP contribution in [-0.4, -0.2) is 39.6 Å². The molecule has 3 aromatic carbocycles. The number of ether oxygens (including phenoxy) is 3. The molecule has 0 saturated heterocycles. The molecule has 0 aromatic heterocycles. The zero-order chi connectivity index (χ0) is 28.9. The molecule has 0 heterocycles. The maximum atomic E-state index is 11.4. The molecule has 0 fully saturated rings. The van der Waals surface area contributed by atoms with Gasteiger partial charge in [-0.25, -0.2) is 8.42 Å². The monoisotopic (exact) mass is 588 g/mol. The summed E-state index contributed by atoms with van der Waals surface area (Å²) in [5.74, 6) is 0.438. The van der Waals surface area contributed by atoms with Crippen LogP contribution in [0.15, 0.2) is 54.6 Å². The molecule has 0 bridgehead atoms.